The Balaban J connectivity index is 3.40. The van der Waals surface area contributed by atoms with E-state index in [4.69, 9.17) is 4.74 Å². The molecule has 0 saturated carbocycles. The van der Waals surface area contributed by atoms with E-state index < -0.39 is 12.1 Å². The topological polar surface area (TPSA) is 95.9 Å². The van der Waals surface area contributed by atoms with Crippen molar-refractivity contribution >= 4 is 11.9 Å². The van der Waals surface area contributed by atoms with Crippen LogP contribution < -0.4 is 5.32 Å². The average molecular weight is 1110 g/mol. The monoisotopic (exact) mass is 1110 g/mol. The van der Waals surface area contributed by atoms with Gasteiger partial charge in [-0.2, -0.15) is 0 Å². The summed E-state index contributed by atoms with van der Waals surface area (Å²) in [6.07, 6.45) is 85.8. The third-order valence-electron chi connectivity index (χ3n) is 17.3. The van der Waals surface area contributed by atoms with E-state index >= 15 is 0 Å². The Morgan fingerprint density at radius 1 is 0.342 bits per heavy atom. The molecule has 0 spiro atoms. The summed E-state index contributed by atoms with van der Waals surface area (Å²) in [6, 6.07) is -0.630. The van der Waals surface area contributed by atoms with Gasteiger partial charge in [-0.1, -0.05) is 386 Å². The number of aliphatic hydroxyl groups excluding tert-OH is 2. The highest BCUT2D eigenvalue weighted by atomic mass is 16.5. The number of ether oxygens (including phenoxy) is 1. The molecule has 6 heteroatoms. The number of hydrogen-bond donors (Lipinski definition) is 3. The molecule has 6 nitrogen and oxygen atoms in total. The summed E-state index contributed by atoms with van der Waals surface area (Å²) in [5.74, 6) is -0.0487. The molecular formula is C73H143NO5. The van der Waals surface area contributed by atoms with E-state index in [1.54, 1.807) is 6.08 Å². The number of carbonyl (C=O) groups excluding carboxylic acids is 2. The normalized spacial score (nSPS) is 12.5. The Kier molecular flexibility index (Phi) is 67.9. The molecule has 2 unspecified atom stereocenters. The van der Waals surface area contributed by atoms with Crippen LogP contribution in [0.2, 0.25) is 0 Å². The predicted molar refractivity (Wildman–Crippen MR) is 347 cm³/mol. The van der Waals surface area contributed by atoms with Crippen LogP contribution in [-0.2, 0) is 14.3 Å². The van der Waals surface area contributed by atoms with E-state index in [0.29, 0.717) is 19.4 Å². The van der Waals surface area contributed by atoms with Crippen molar-refractivity contribution in [3.05, 3.63) is 12.2 Å². The van der Waals surface area contributed by atoms with E-state index in [1.807, 2.05) is 6.08 Å². The Labute approximate surface area is 495 Å². The summed E-state index contributed by atoms with van der Waals surface area (Å²) in [5, 5.41) is 23.3. The zero-order valence-corrected chi connectivity index (χ0v) is 53.9. The molecule has 0 aromatic carbocycles. The third kappa shape index (κ3) is 65.6. The molecule has 0 saturated heterocycles. The SMILES string of the molecule is CCCCCCCCCCCCCCCCCCCCCCCC/C=C/C(O)C(CO)NC(=O)CCCCCCCCCCCCCCCCCCCCCCOC(=O)CCCCCCCCCCCCCCCCCCCC. The van der Waals surface area contributed by atoms with Crippen molar-refractivity contribution in [3.8, 4) is 0 Å². The average Bonchev–Trinajstić information content (AvgIpc) is 3.45. The molecule has 0 aromatic rings. The number of hydrogen-bond acceptors (Lipinski definition) is 5. The van der Waals surface area contributed by atoms with E-state index in [-0.39, 0.29) is 18.5 Å². The molecule has 0 heterocycles. The van der Waals surface area contributed by atoms with Crippen molar-refractivity contribution in [2.45, 2.75) is 431 Å². The Morgan fingerprint density at radius 2 is 0.582 bits per heavy atom. The summed E-state index contributed by atoms with van der Waals surface area (Å²) in [6.45, 7) is 4.95. The lowest BCUT2D eigenvalue weighted by Gasteiger charge is -2.20. The van der Waals surface area contributed by atoms with E-state index in [1.165, 1.54) is 353 Å². The lowest BCUT2D eigenvalue weighted by Crippen LogP contribution is -2.45. The maximum atomic E-state index is 12.5. The Hall–Kier alpha value is -1.40. The van der Waals surface area contributed by atoms with Gasteiger partial charge in [0.05, 0.1) is 25.4 Å². The van der Waals surface area contributed by atoms with Crippen LogP contribution in [0.3, 0.4) is 0 Å². The smallest absolute Gasteiger partial charge is 0.305 e. The van der Waals surface area contributed by atoms with Crippen molar-refractivity contribution in [3.63, 3.8) is 0 Å². The van der Waals surface area contributed by atoms with Gasteiger partial charge in [0.15, 0.2) is 0 Å². The molecule has 3 N–H and O–H groups in total. The molecule has 0 aliphatic heterocycles. The third-order valence-corrected chi connectivity index (χ3v) is 17.3. The quantitative estimate of drug-likeness (QED) is 0.0320. The van der Waals surface area contributed by atoms with Gasteiger partial charge in [0, 0.05) is 12.8 Å². The molecule has 0 radical (unpaired) electrons. The highest BCUT2D eigenvalue weighted by molar-refractivity contribution is 5.76. The van der Waals surface area contributed by atoms with Crippen LogP contribution in [0.4, 0.5) is 0 Å². The number of rotatable bonds is 69. The van der Waals surface area contributed by atoms with Gasteiger partial charge in [0.1, 0.15) is 0 Å². The molecule has 0 aromatic heterocycles. The zero-order valence-electron chi connectivity index (χ0n) is 53.9. The van der Waals surface area contributed by atoms with Crippen molar-refractivity contribution in [2.75, 3.05) is 13.2 Å². The van der Waals surface area contributed by atoms with Crippen LogP contribution in [0, 0.1) is 0 Å². The Morgan fingerprint density at radius 3 is 0.861 bits per heavy atom. The summed E-state index contributed by atoms with van der Waals surface area (Å²) in [7, 11) is 0. The predicted octanol–water partition coefficient (Wildman–Crippen LogP) is 23.5. The summed E-state index contributed by atoms with van der Waals surface area (Å²) in [4.78, 5) is 24.7. The second kappa shape index (κ2) is 69.1. The molecule has 1 amide bonds. The number of nitrogens with one attached hydrogen (secondary N) is 1. The van der Waals surface area contributed by atoms with Gasteiger partial charge in [-0.3, -0.25) is 9.59 Å². The molecule has 0 aliphatic carbocycles. The van der Waals surface area contributed by atoms with Crippen LogP contribution in [0.15, 0.2) is 12.2 Å². The fourth-order valence-electron chi connectivity index (χ4n) is 11.8. The first-order valence-electron chi connectivity index (χ1n) is 36.5. The number of amides is 1. The maximum absolute atomic E-state index is 12.5. The van der Waals surface area contributed by atoms with Gasteiger partial charge in [-0.05, 0) is 32.1 Å². The first-order valence-corrected chi connectivity index (χ1v) is 36.5. The van der Waals surface area contributed by atoms with E-state index in [0.717, 1.165) is 38.5 Å². The number of unbranched alkanes of at least 4 members (excludes halogenated alkanes) is 58. The van der Waals surface area contributed by atoms with Gasteiger partial charge >= 0.3 is 5.97 Å². The summed E-state index contributed by atoms with van der Waals surface area (Å²) in [5.41, 5.74) is 0. The van der Waals surface area contributed by atoms with Crippen molar-refractivity contribution in [2.24, 2.45) is 0 Å². The molecular weight excluding hydrogens is 971 g/mol. The minimum Gasteiger partial charge on any atom is -0.466 e. The first-order chi connectivity index (χ1) is 39.0. The molecule has 2 atom stereocenters. The lowest BCUT2D eigenvalue weighted by molar-refractivity contribution is -0.143. The molecule has 470 valence electrons. The van der Waals surface area contributed by atoms with Crippen molar-refractivity contribution in [1.82, 2.24) is 5.32 Å². The highest BCUT2D eigenvalue weighted by Gasteiger charge is 2.18. The van der Waals surface area contributed by atoms with Gasteiger partial charge in [0.25, 0.3) is 0 Å². The van der Waals surface area contributed by atoms with Crippen LogP contribution in [0.25, 0.3) is 0 Å². The number of carbonyl (C=O) groups is 2. The lowest BCUT2D eigenvalue weighted by atomic mass is 10.0. The van der Waals surface area contributed by atoms with Crippen LogP contribution in [0.5, 0.6) is 0 Å². The van der Waals surface area contributed by atoms with Gasteiger partial charge in [-0.15, -0.1) is 0 Å². The van der Waals surface area contributed by atoms with Gasteiger partial charge < -0.3 is 20.3 Å². The Bertz CT molecular complexity index is 1190. The molecule has 79 heavy (non-hydrogen) atoms. The van der Waals surface area contributed by atoms with Crippen molar-refractivity contribution in [1.29, 1.82) is 0 Å². The van der Waals surface area contributed by atoms with E-state index in [9.17, 15) is 19.8 Å². The minimum atomic E-state index is -0.847. The van der Waals surface area contributed by atoms with Gasteiger partial charge in [0.2, 0.25) is 5.91 Å². The standard InChI is InChI=1S/C73H143NO5/c1-3-5-7-9-11-13-15-17-19-21-23-24-25-26-27-30-33-37-41-45-49-53-57-61-65-71(76)70(69-75)74-72(77)66-62-58-54-50-46-42-38-34-31-28-29-32-36-40-44-48-52-56-60-64-68-79-73(78)67-63-59-55-51-47-43-39-35-22-20-18-16-14-12-10-8-6-4-2/h61,65,70-71,75-76H,3-60,62-64,66-69H2,1-2H3,(H,74,77)/b65-61+. The molecule has 0 rings (SSSR count). The minimum absolute atomic E-state index is 0.0158. The first kappa shape index (κ1) is 77.6. The zero-order chi connectivity index (χ0) is 57.1. The number of aliphatic hydroxyl groups is 2. The second-order valence-electron chi connectivity index (χ2n) is 25.3. The van der Waals surface area contributed by atoms with Crippen LogP contribution >= 0.6 is 0 Å². The summed E-state index contributed by atoms with van der Waals surface area (Å²) < 4.78 is 5.51. The highest BCUT2D eigenvalue weighted by Crippen LogP contribution is 2.19. The van der Waals surface area contributed by atoms with Crippen LogP contribution in [0.1, 0.15) is 418 Å². The van der Waals surface area contributed by atoms with Crippen LogP contribution in [-0.4, -0.2) is 47.4 Å². The fraction of sp³-hybridized carbons (Fsp3) is 0.945. The van der Waals surface area contributed by atoms with E-state index in [2.05, 4.69) is 19.2 Å². The largest absolute Gasteiger partial charge is 0.466 e. The van der Waals surface area contributed by atoms with Gasteiger partial charge in [-0.25, -0.2) is 0 Å². The molecule has 0 aliphatic rings. The summed E-state index contributed by atoms with van der Waals surface area (Å²) >= 11 is 0. The molecule has 0 fully saturated rings. The number of esters is 1. The fourth-order valence-corrected chi connectivity index (χ4v) is 11.8. The maximum Gasteiger partial charge on any atom is 0.305 e. The molecule has 0 bridgehead atoms. The number of allylic oxidation sites excluding steroid dienone is 1. The van der Waals surface area contributed by atoms with Crippen molar-refractivity contribution < 1.29 is 24.5 Å². The second-order valence-corrected chi connectivity index (χ2v) is 25.3.